The molecule has 0 amide bonds. The molecule has 6 nitrogen and oxygen atoms in total. The summed E-state index contributed by atoms with van der Waals surface area (Å²) in [7, 11) is 2.97. The molecule has 2 aliphatic rings. The van der Waals surface area contributed by atoms with Gasteiger partial charge in [0.25, 0.3) is 0 Å². The highest BCUT2D eigenvalue weighted by molar-refractivity contribution is 5.62. The molecule has 120 valence electrons. The third-order valence-corrected chi connectivity index (χ3v) is 4.39. The zero-order valence-electron chi connectivity index (χ0n) is 12.7. The summed E-state index contributed by atoms with van der Waals surface area (Å²) in [6, 6.07) is 6.90. The first-order chi connectivity index (χ1) is 11.2. The van der Waals surface area contributed by atoms with Crippen LogP contribution in [0.25, 0.3) is 0 Å². The SMILES string of the molecule is COc1ccc2c(c1O)O[C@@H]1c3ccc(O)c(OC)c3OC[C@@H]21. The second kappa shape index (κ2) is 4.87. The van der Waals surface area contributed by atoms with Crippen LogP contribution in [0.1, 0.15) is 23.1 Å². The van der Waals surface area contributed by atoms with Gasteiger partial charge in [-0.15, -0.1) is 0 Å². The maximum Gasteiger partial charge on any atom is 0.203 e. The Morgan fingerprint density at radius 3 is 2.52 bits per heavy atom. The van der Waals surface area contributed by atoms with Crippen molar-refractivity contribution >= 4 is 0 Å². The molecule has 0 aromatic heterocycles. The lowest BCUT2D eigenvalue weighted by Gasteiger charge is -2.29. The average Bonchev–Trinajstić information content (AvgIpc) is 2.95. The van der Waals surface area contributed by atoms with E-state index in [1.54, 1.807) is 18.2 Å². The number of aromatic hydroxyl groups is 2. The van der Waals surface area contributed by atoms with Crippen LogP contribution in [0.3, 0.4) is 0 Å². The fraction of sp³-hybridized carbons (Fsp3) is 0.294. The molecule has 0 radical (unpaired) electrons. The average molecular weight is 316 g/mol. The van der Waals surface area contributed by atoms with Crippen molar-refractivity contribution in [2.75, 3.05) is 20.8 Å². The van der Waals surface area contributed by atoms with E-state index in [0.29, 0.717) is 29.6 Å². The maximum atomic E-state index is 10.3. The first-order valence-electron chi connectivity index (χ1n) is 7.24. The summed E-state index contributed by atoms with van der Waals surface area (Å²) in [5.41, 5.74) is 1.66. The molecule has 0 saturated carbocycles. The Morgan fingerprint density at radius 1 is 1.00 bits per heavy atom. The Bertz CT molecular complexity index is 785. The maximum absolute atomic E-state index is 10.3. The summed E-state index contributed by atoms with van der Waals surface area (Å²) < 4.78 is 22.2. The van der Waals surface area contributed by atoms with Gasteiger partial charge in [0, 0.05) is 11.1 Å². The zero-order valence-corrected chi connectivity index (χ0v) is 12.7. The van der Waals surface area contributed by atoms with Crippen LogP contribution in [0.2, 0.25) is 0 Å². The molecule has 2 aliphatic heterocycles. The largest absolute Gasteiger partial charge is 0.504 e. The smallest absolute Gasteiger partial charge is 0.203 e. The lowest BCUT2D eigenvalue weighted by atomic mass is 9.89. The van der Waals surface area contributed by atoms with Crippen molar-refractivity contribution in [1.82, 2.24) is 0 Å². The topological polar surface area (TPSA) is 77.4 Å². The summed E-state index contributed by atoms with van der Waals surface area (Å²) in [4.78, 5) is 0. The number of phenolic OH excluding ortho intramolecular Hbond substituents is 2. The van der Waals surface area contributed by atoms with E-state index >= 15 is 0 Å². The van der Waals surface area contributed by atoms with Crippen LogP contribution in [0, 0.1) is 0 Å². The highest BCUT2D eigenvalue weighted by Gasteiger charge is 2.43. The molecule has 0 fully saturated rings. The molecular weight excluding hydrogens is 300 g/mol. The molecule has 6 heteroatoms. The van der Waals surface area contributed by atoms with Gasteiger partial charge in [-0.3, -0.25) is 0 Å². The van der Waals surface area contributed by atoms with Gasteiger partial charge in [0.1, 0.15) is 6.10 Å². The Kier molecular flexibility index (Phi) is 2.94. The Labute approximate surface area is 132 Å². The van der Waals surface area contributed by atoms with Gasteiger partial charge in [-0.1, -0.05) is 6.07 Å². The molecular formula is C17H16O6. The van der Waals surface area contributed by atoms with Crippen LogP contribution in [-0.2, 0) is 0 Å². The summed E-state index contributed by atoms with van der Waals surface area (Å²) in [5, 5.41) is 20.2. The predicted octanol–water partition coefficient (Wildman–Crippen LogP) is 2.72. The van der Waals surface area contributed by atoms with Crippen molar-refractivity contribution in [3.63, 3.8) is 0 Å². The first kappa shape index (κ1) is 13.9. The second-order valence-electron chi connectivity index (χ2n) is 5.53. The van der Waals surface area contributed by atoms with Crippen molar-refractivity contribution in [2.45, 2.75) is 12.0 Å². The Balaban J connectivity index is 1.82. The molecule has 0 saturated heterocycles. The van der Waals surface area contributed by atoms with Crippen LogP contribution in [0.15, 0.2) is 24.3 Å². The molecule has 0 bridgehead atoms. The molecule has 0 spiro atoms. The van der Waals surface area contributed by atoms with E-state index in [4.69, 9.17) is 18.9 Å². The minimum atomic E-state index is -0.304. The standard InChI is InChI=1S/C17H16O6/c1-20-12-6-4-8-10-7-22-16-9(3-5-11(18)17(16)21-2)14(10)23-15(8)13(12)19/h3-6,10,14,18-19H,7H2,1-2H3/t10-,14+/m0/s1. The van der Waals surface area contributed by atoms with Crippen molar-refractivity contribution in [3.05, 3.63) is 35.4 Å². The number of hydrogen-bond acceptors (Lipinski definition) is 6. The summed E-state index contributed by atoms with van der Waals surface area (Å²) in [5.74, 6) is 1.53. The van der Waals surface area contributed by atoms with E-state index in [1.165, 1.54) is 14.2 Å². The molecule has 2 aromatic rings. The van der Waals surface area contributed by atoms with Gasteiger partial charge in [-0.2, -0.15) is 0 Å². The summed E-state index contributed by atoms with van der Waals surface area (Å²) in [6.07, 6.45) is -0.304. The molecule has 2 atom stereocenters. The molecule has 0 aliphatic carbocycles. The highest BCUT2D eigenvalue weighted by atomic mass is 16.5. The Morgan fingerprint density at radius 2 is 1.78 bits per heavy atom. The van der Waals surface area contributed by atoms with Gasteiger partial charge in [0.15, 0.2) is 23.0 Å². The molecule has 4 rings (SSSR count). The number of hydrogen-bond donors (Lipinski definition) is 2. The third kappa shape index (κ3) is 1.81. The normalized spacial score (nSPS) is 20.6. The van der Waals surface area contributed by atoms with Crippen molar-refractivity contribution < 1.29 is 29.2 Å². The van der Waals surface area contributed by atoms with Gasteiger partial charge in [-0.05, 0) is 18.2 Å². The van der Waals surface area contributed by atoms with E-state index in [1.807, 2.05) is 6.07 Å². The molecule has 2 aromatic carbocycles. The zero-order chi connectivity index (χ0) is 16.1. The summed E-state index contributed by atoms with van der Waals surface area (Å²) >= 11 is 0. The first-order valence-corrected chi connectivity index (χ1v) is 7.24. The van der Waals surface area contributed by atoms with Crippen molar-refractivity contribution in [1.29, 1.82) is 0 Å². The third-order valence-electron chi connectivity index (χ3n) is 4.39. The minimum Gasteiger partial charge on any atom is -0.504 e. The number of benzene rings is 2. The molecule has 2 heterocycles. The monoisotopic (exact) mass is 316 g/mol. The quantitative estimate of drug-likeness (QED) is 0.887. The van der Waals surface area contributed by atoms with Gasteiger partial charge < -0.3 is 29.2 Å². The number of methoxy groups -OCH3 is 2. The lowest BCUT2D eigenvalue weighted by Crippen LogP contribution is -2.23. The fourth-order valence-electron chi connectivity index (χ4n) is 3.29. The van der Waals surface area contributed by atoms with E-state index in [0.717, 1.165) is 11.1 Å². The van der Waals surface area contributed by atoms with E-state index in [9.17, 15) is 10.2 Å². The van der Waals surface area contributed by atoms with Crippen LogP contribution in [0.5, 0.6) is 34.5 Å². The minimum absolute atomic E-state index is 0.00769. The van der Waals surface area contributed by atoms with E-state index in [-0.39, 0.29) is 23.5 Å². The molecule has 0 unspecified atom stereocenters. The van der Waals surface area contributed by atoms with Gasteiger partial charge in [-0.25, -0.2) is 0 Å². The number of ether oxygens (including phenoxy) is 4. The number of fused-ring (bicyclic) bond motifs is 5. The Hall–Kier alpha value is -2.76. The van der Waals surface area contributed by atoms with Gasteiger partial charge in [0.05, 0.1) is 26.7 Å². The predicted molar refractivity (Wildman–Crippen MR) is 80.9 cm³/mol. The molecule has 2 N–H and O–H groups in total. The van der Waals surface area contributed by atoms with Crippen LogP contribution in [0.4, 0.5) is 0 Å². The fourth-order valence-corrected chi connectivity index (χ4v) is 3.29. The van der Waals surface area contributed by atoms with Crippen LogP contribution < -0.4 is 18.9 Å². The van der Waals surface area contributed by atoms with Crippen LogP contribution in [-0.4, -0.2) is 31.0 Å². The number of rotatable bonds is 2. The number of phenols is 2. The highest BCUT2D eigenvalue weighted by Crippen LogP contribution is 2.57. The molecule has 23 heavy (non-hydrogen) atoms. The van der Waals surface area contributed by atoms with E-state index < -0.39 is 0 Å². The lowest BCUT2D eigenvalue weighted by molar-refractivity contribution is 0.133. The van der Waals surface area contributed by atoms with Crippen molar-refractivity contribution in [2.24, 2.45) is 0 Å². The van der Waals surface area contributed by atoms with Crippen molar-refractivity contribution in [3.8, 4) is 34.5 Å². The van der Waals surface area contributed by atoms with E-state index in [2.05, 4.69) is 0 Å². The summed E-state index contributed by atoms with van der Waals surface area (Å²) in [6.45, 7) is 0.371. The van der Waals surface area contributed by atoms with Gasteiger partial charge in [0.2, 0.25) is 11.5 Å². The second-order valence-corrected chi connectivity index (χ2v) is 5.53. The van der Waals surface area contributed by atoms with Gasteiger partial charge >= 0.3 is 0 Å². The van der Waals surface area contributed by atoms with Crippen LogP contribution >= 0.6 is 0 Å².